The molecule has 1 N–H and O–H groups in total. The molecule has 4 nitrogen and oxygen atoms in total. The summed E-state index contributed by atoms with van der Waals surface area (Å²) in [5, 5.41) is 3.65. The Morgan fingerprint density at radius 3 is 2.50 bits per heavy atom. The van der Waals surface area contributed by atoms with Gasteiger partial charge in [0.25, 0.3) is 0 Å². The Morgan fingerprint density at radius 2 is 2.00 bits per heavy atom. The quantitative estimate of drug-likeness (QED) is 0.807. The Hall–Kier alpha value is -0.160. The number of piperazine rings is 1. The van der Waals surface area contributed by atoms with Crippen LogP contribution in [-0.4, -0.2) is 63.5 Å². The standard InChI is InChI=1S/C14H30N2O2/c1-11-7-15-13(14(2,3)4)9-16(11)8-12(18-6)10-17-5/h11-13,15H,7-10H2,1-6H3. The highest BCUT2D eigenvalue weighted by atomic mass is 16.5. The van der Waals surface area contributed by atoms with Crippen LogP contribution in [0.25, 0.3) is 0 Å². The van der Waals surface area contributed by atoms with Crippen molar-refractivity contribution in [3.05, 3.63) is 0 Å². The molecule has 1 aliphatic heterocycles. The topological polar surface area (TPSA) is 33.7 Å². The zero-order chi connectivity index (χ0) is 13.8. The molecule has 0 aromatic rings. The maximum atomic E-state index is 5.48. The largest absolute Gasteiger partial charge is 0.382 e. The van der Waals surface area contributed by atoms with Gasteiger partial charge in [-0.15, -0.1) is 0 Å². The zero-order valence-corrected chi connectivity index (χ0v) is 12.8. The van der Waals surface area contributed by atoms with Crippen LogP contribution < -0.4 is 5.32 Å². The first-order valence-corrected chi connectivity index (χ1v) is 6.87. The molecular weight excluding hydrogens is 228 g/mol. The summed E-state index contributed by atoms with van der Waals surface area (Å²) in [6.07, 6.45) is 0.163. The molecule has 4 heteroatoms. The number of ether oxygens (including phenoxy) is 2. The van der Waals surface area contributed by atoms with Gasteiger partial charge in [-0.3, -0.25) is 4.90 Å². The van der Waals surface area contributed by atoms with Crippen LogP contribution in [0.2, 0.25) is 0 Å². The fourth-order valence-electron chi connectivity index (χ4n) is 2.40. The van der Waals surface area contributed by atoms with E-state index in [4.69, 9.17) is 9.47 Å². The van der Waals surface area contributed by atoms with E-state index >= 15 is 0 Å². The minimum Gasteiger partial charge on any atom is -0.382 e. The minimum atomic E-state index is 0.163. The summed E-state index contributed by atoms with van der Waals surface area (Å²) >= 11 is 0. The summed E-state index contributed by atoms with van der Waals surface area (Å²) in [6, 6.07) is 1.09. The van der Waals surface area contributed by atoms with E-state index in [2.05, 4.69) is 37.9 Å². The second kappa shape index (κ2) is 6.85. The normalized spacial score (nSPS) is 28.3. The third-order valence-electron chi connectivity index (χ3n) is 3.87. The Bertz CT molecular complexity index is 240. The van der Waals surface area contributed by atoms with Crippen molar-refractivity contribution in [3.63, 3.8) is 0 Å². The van der Waals surface area contributed by atoms with Crippen LogP contribution in [0.1, 0.15) is 27.7 Å². The maximum Gasteiger partial charge on any atom is 0.0931 e. The average Bonchev–Trinajstić information content (AvgIpc) is 2.29. The molecule has 0 aliphatic carbocycles. The van der Waals surface area contributed by atoms with Crippen LogP contribution in [0, 0.1) is 5.41 Å². The van der Waals surface area contributed by atoms with Gasteiger partial charge in [-0.1, -0.05) is 20.8 Å². The first kappa shape index (κ1) is 15.9. The zero-order valence-electron chi connectivity index (χ0n) is 12.8. The molecule has 0 radical (unpaired) electrons. The number of rotatable bonds is 5. The highest BCUT2D eigenvalue weighted by molar-refractivity contribution is 4.91. The van der Waals surface area contributed by atoms with Gasteiger partial charge < -0.3 is 14.8 Å². The van der Waals surface area contributed by atoms with E-state index in [1.807, 2.05) is 0 Å². The van der Waals surface area contributed by atoms with Crippen LogP contribution in [-0.2, 0) is 9.47 Å². The molecule has 0 spiro atoms. The summed E-state index contributed by atoms with van der Waals surface area (Å²) in [4.78, 5) is 2.51. The molecule has 3 atom stereocenters. The number of hydrogen-bond acceptors (Lipinski definition) is 4. The molecule has 1 fully saturated rings. The lowest BCUT2D eigenvalue weighted by atomic mass is 9.84. The van der Waals surface area contributed by atoms with Crippen LogP contribution in [0.4, 0.5) is 0 Å². The fourth-order valence-corrected chi connectivity index (χ4v) is 2.40. The van der Waals surface area contributed by atoms with E-state index in [-0.39, 0.29) is 6.10 Å². The lowest BCUT2D eigenvalue weighted by Crippen LogP contribution is -2.60. The average molecular weight is 258 g/mol. The molecule has 0 amide bonds. The third-order valence-corrected chi connectivity index (χ3v) is 3.87. The van der Waals surface area contributed by atoms with Crippen molar-refractivity contribution in [1.82, 2.24) is 10.2 Å². The van der Waals surface area contributed by atoms with Crippen molar-refractivity contribution in [2.75, 3.05) is 40.5 Å². The van der Waals surface area contributed by atoms with Crippen molar-refractivity contribution < 1.29 is 9.47 Å². The van der Waals surface area contributed by atoms with Gasteiger partial charge in [0.05, 0.1) is 12.7 Å². The molecule has 1 rings (SSSR count). The summed E-state index contributed by atoms with van der Waals surface area (Å²) in [6.45, 7) is 12.9. The van der Waals surface area contributed by atoms with Crippen molar-refractivity contribution >= 4 is 0 Å². The predicted molar refractivity (Wildman–Crippen MR) is 75.0 cm³/mol. The molecular formula is C14H30N2O2. The highest BCUT2D eigenvalue weighted by Gasteiger charge is 2.33. The SMILES string of the molecule is COCC(CN1CC(C(C)(C)C)NCC1C)OC. The van der Waals surface area contributed by atoms with Crippen LogP contribution in [0.3, 0.4) is 0 Å². The maximum absolute atomic E-state index is 5.48. The predicted octanol–water partition coefficient (Wildman–Crippen LogP) is 1.36. The van der Waals surface area contributed by atoms with E-state index in [0.29, 0.717) is 24.1 Å². The lowest BCUT2D eigenvalue weighted by Gasteiger charge is -2.44. The summed E-state index contributed by atoms with van der Waals surface area (Å²) < 4.78 is 10.7. The van der Waals surface area contributed by atoms with Crippen molar-refractivity contribution in [3.8, 4) is 0 Å². The number of nitrogens with one attached hydrogen (secondary N) is 1. The van der Waals surface area contributed by atoms with Crippen molar-refractivity contribution in [1.29, 1.82) is 0 Å². The molecule has 0 bridgehead atoms. The Balaban J connectivity index is 2.56. The van der Waals surface area contributed by atoms with Crippen LogP contribution >= 0.6 is 0 Å². The van der Waals surface area contributed by atoms with E-state index in [0.717, 1.165) is 19.6 Å². The molecule has 0 aromatic carbocycles. The van der Waals surface area contributed by atoms with Crippen LogP contribution in [0.5, 0.6) is 0 Å². The van der Waals surface area contributed by atoms with Gasteiger partial charge in [-0.25, -0.2) is 0 Å². The summed E-state index contributed by atoms with van der Waals surface area (Å²) in [7, 11) is 3.49. The Labute approximate surface area is 112 Å². The monoisotopic (exact) mass is 258 g/mol. The van der Waals surface area contributed by atoms with Crippen molar-refractivity contribution in [2.45, 2.75) is 45.9 Å². The lowest BCUT2D eigenvalue weighted by molar-refractivity contribution is -0.0146. The summed E-state index contributed by atoms with van der Waals surface area (Å²) in [5.41, 5.74) is 0.294. The smallest absolute Gasteiger partial charge is 0.0931 e. The van der Waals surface area contributed by atoms with Gasteiger partial charge in [0, 0.05) is 45.9 Å². The first-order chi connectivity index (χ1) is 8.38. The minimum absolute atomic E-state index is 0.163. The van der Waals surface area contributed by atoms with E-state index in [9.17, 15) is 0 Å². The molecule has 1 heterocycles. The Kier molecular flexibility index (Phi) is 6.05. The van der Waals surface area contributed by atoms with E-state index in [1.165, 1.54) is 0 Å². The Morgan fingerprint density at radius 1 is 1.33 bits per heavy atom. The molecule has 1 aliphatic rings. The van der Waals surface area contributed by atoms with Crippen LogP contribution in [0.15, 0.2) is 0 Å². The number of nitrogens with zero attached hydrogens (tertiary/aromatic N) is 1. The van der Waals surface area contributed by atoms with Gasteiger partial charge in [0.15, 0.2) is 0 Å². The fraction of sp³-hybridized carbons (Fsp3) is 1.00. The van der Waals surface area contributed by atoms with E-state index < -0.39 is 0 Å². The highest BCUT2D eigenvalue weighted by Crippen LogP contribution is 2.23. The molecule has 0 saturated carbocycles. The van der Waals surface area contributed by atoms with Gasteiger partial charge in [-0.05, 0) is 12.3 Å². The molecule has 3 unspecified atom stereocenters. The van der Waals surface area contributed by atoms with Crippen molar-refractivity contribution in [2.24, 2.45) is 5.41 Å². The third kappa shape index (κ3) is 4.50. The molecule has 18 heavy (non-hydrogen) atoms. The van der Waals surface area contributed by atoms with Gasteiger partial charge in [-0.2, -0.15) is 0 Å². The number of methoxy groups -OCH3 is 2. The second-order valence-corrected chi connectivity index (χ2v) is 6.44. The molecule has 108 valence electrons. The number of hydrogen-bond donors (Lipinski definition) is 1. The first-order valence-electron chi connectivity index (χ1n) is 6.87. The van der Waals surface area contributed by atoms with Gasteiger partial charge in [0.2, 0.25) is 0 Å². The molecule has 0 aromatic heterocycles. The van der Waals surface area contributed by atoms with Gasteiger partial charge in [0.1, 0.15) is 0 Å². The molecule has 1 saturated heterocycles. The van der Waals surface area contributed by atoms with E-state index in [1.54, 1.807) is 14.2 Å². The summed E-state index contributed by atoms with van der Waals surface area (Å²) in [5.74, 6) is 0. The second-order valence-electron chi connectivity index (χ2n) is 6.44. The van der Waals surface area contributed by atoms with Gasteiger partial charge >= 0.3 is 0 Å².